The summed E-state index contributed by atoms with van der Waals surface area (Å²) in [7, 11) is 0. The summed E-state index contributed by atoms with van der Waals surface area (Å²) < 4.78 is 18.3. The summed E-state index contributed by atoms with van der Waals surface area (Å²) in [6.45, 7) is 3.91. The van der Waals surface area contributed by atoms with Gasteiger partial charge in [-0.25, -0.2) is 0 Å². The van der Waals surface area contributed by atoms with Gasteiger partial charge in [-0.2, -0.15) is 0 Å². The van der Waals surface area contributed by atoms with E-state index in [1.807, 2.05) is 74.6 Å². The zero-order valence-electron chi connectivity index (χ0n) is 30.9. The summed E-state index contributed by atoms with van der Waals surface area (Å²) in [6.07, 6.45) is 2.00. The first-order chi connectivity index (χ1) is 25.1. The van der Waals surface area contributed by atoms with Crippen molar-refractivity contribution in [3.05, 3.63) is 157 Å². The SMILES string of the molecule is [2H]C(C)(C)c1cc(-c2[c-]cccc2)nc[c]1[Ge]([CH3])([CH3])[CH3].[Ir].[c-]1ccc2c(oc3ccccc32)c1-c1nc2ccccc2n1-c1ccc2ccccc2c1. The van der Waals surface area contributed by atoms with Crippen molar-refractivity contribution in [3.63, 3.8) is 0 Å². The van der Waals surface area contributed by atoms with Gasteiger partial charge in [-0.3, -0.25) is 4.98 Å². The van der Waals surface area contributed by atoms with Crippen molar-refractivity contribution in [2.24, 2.45) is 0 Å². The molecule has 52 heavy (non-hydrogen) atoms. The average molecular weight is 916 g/mol. The maximum atomic E-state index is 8.44. The number of rotatable bonds is 5. The van der Waals surface area contributed by atoms with E-state index in [-0.39, 0.29) is 20.1 Å². The molecule has 0 N–H and O–H groups in total. The van der Waals surface area contributed by atoms with Crippen molar-refractivity contribution in [1.29, 1.82) is 0 Å². The number of fused-ring (bicyclic) bond motifs is 5. The van der Waals surface area contributed by atoms with Gasteiger partial charge in [0.1, 0.15) is 5.58 Å². The normalized spacial score (nSPS) is 12.1. The standard InChI is InChI=1S/C29H17N2O.C17H22GeN.Ir/c1-2-9-20-18-21(17-16-19(20)8-1)31-26-14-5-4-13-25(26)30-29(31)24-12-7-11-23-22-10-3-6-15-27(22)32-28(23)24;1-13(2)15-11-17(14-9-7-6-8-10-14)19-12-16(15)18(3,4)5;/h1-11,13-18H;6-9,11-13H,1-5H3;/q2*-1;/i;13D;. The summed E-state index contributed by atoms with van der Waals surface area (Å²) >= 11 is -2.03. The fourth-order valence-electron chi connectivity index (χ4n) is 6.79. The molecule has 259 valence electrons. The van der Waals surface area contributed by atoms with Crippen LogP contribution in [-0.2, 0) is 20.1 Å². The molecule has 1 radical (unpaired) electrons. The number of nitrogens with zero attached hydrogens (tertiary/aromatic N) is 3. The third-order valence-electron chi connectivity index (χ3n) is 9.35. The van der Waals surface area contributed by atoms with Gasteiger partial charge in [-0.05, 0) is 41.1 Å². The molecule has 3 heterocycles. The Morgan fingerprint density at radius 2 is 1.50 bits per heavy atom. The van der Waals surface area contributed by atoms with Gasteiger partial charge in [0.25, 0.3) is 0 Å². The van der Waals surface area contributed by atoms with Crippen LogP contribution in [-0.4, -0.2) is 27.8 Å². The Hall–Kier alpha value is -4.81. The molecule has 3 aromatic heterocycles. The van der Waals surface area contributed by atoms with E-state index >= 15 is 0 Å². The minimum atomic E-state index is -2.03. The summed E-state index contributed by atoms with van der Waals surface area (Å²) in [6, 6.07) is 51.9. The Morgan fingerprint density at radius 3 is 2.29 bits per heavy atom. The second-order valence-corrected chi connectivity index (χ2v) is 24.7. The third kappa shape index (κ3) is 6.77. The van der Waals surface area contributed by atoms with Crippen LogP contribution in [0.4, 0.5) is 0 Å². The van der Waals surface area contributed by atoms with Crippen molar-refractivity contribution in [2.45, 2.75) is 37.0 Å². The van der Waals surface area contributed by atoms with E-state index in [9.17, 15) is 0 Å². The molecule has 0 aliphatic rings. The molecular formula is C46H39GeIrN3O-2. The van der Waals surface area contributed by atoms with Crippen molar-refractivity contribution in [3.8, 4) is 28.3 Å². The zero-order valence-corrected chi connectivity index (χ0v) is 34.4. The molecule has 0 fully saturated rings. The van der Waals surface area contributed by atoms with Crippen molar-refractivity contribution in [1.82, 2.24) is 14.5 Å². The van der Waals surface area contributed by atoms with Crippen molar-refractivity contribution in [2.75, 3.05) is 0 Å². The number of pyridine rings is 1. The predicted molar refractivity (Wildman–Crippen MR) is 216 cm³/mol. The van der Waals surface area contributed by atoms with Gasteiger partial charge in [0.2, 0.25) is 0 Å². The number of benzene rings is 6. The van der Waals surface area contributed by atoms with Crippen LogP contribution in [0.3, 0.4) is 0 Å². The van der Waals surface area contributed by atoms with Gasteiger partial charge >= 0.3 is 120 Å². The first kappa shape index (κ1) is 34.3. The molecule has 0 saturated heterocycles. The molecule has 6 heteroatoms. The number of hydrogen-bond donors (Lipinski definition) is 0. The van der Waals surface area contributed by atoms with E-state index in [1.165, 1.54) is 15.2 Å². The number of imidazole rings is 1. The molecule has 0 saturated carbocycles. The molecular weight excluding hydrogens is 875 g/mol. The van der Waals surface area contributed by atoms with Gasteiger partial charge in [0.15, 0.2) is 0 Å². The van der Waals surface area contributed by atoms with Gasteiger partial charge in [-0.15, -0.1) is 18.2 Å². The Balaban J connectivity index is 0.000000180. The summed E-state index contributed by atoms with van der Waals surface area (Å²) in [5, 5.41) is 4.59. The maximum absolute atomic E-state index is 8.44. The number of hydrogen-bond acceptors (Lipinski definition) is 3. The minimum absolute atomic E-state index is 0. The average Bonchev–Trinajstić information content (AvgIpc) is 3.73. The van der Waals surface area contributed by atoms with Crippen molar-refractivity contribution < 1.29 is 25.9 Å². The van der Waals surface area contributed by atoms with Crippen LogP contribution < -0.4 is 4.40 Å². The molecule has 0 amide bonds. The third-order valence-corrected chi connectivity index (χ3v) is 13.6. The van der Waals surface area contributed by atoms with Crippen LogP contribution in [0.1, 0.15) is 26.7 Å². The zero-order chi connectivity index (χ0) is 36.0. The summed E-state index contributed by atoms with van der Waals surface area (Å²) in [4.78, 5) is 9.65. The minimum Gasteiger partial charge on any atom is -0.501 e. The molecule has 0 atom stereocenters. The van der Waals surface area contributed by atoms with E-state index < -0.39 is 19.2 Å². The topological polar surface area (TPSA) is 43.9 Å². The number of aromatic nitrogens is 3. The van der Waals surface area contributed by atoms with E-state index in [2.05, 4.69) is 118 Å². The molecule has 0 aliphatic carbocycles. The summed E-state index contributed by atoms with van der Waals surface area (Å²) in [5.74, 6) is 7.27. The largest absolute Gasteiger partial charge is 0.501 e. The molecule has 0 aliphatic heterocycles. The molecule has 6 aromatic carbocycles. The van der Waals surface area contributed by atoms with Crippen LogP contribution in [0, 0.1) is 12.1 Å². The second-order valence-electron chi connectivity index (χ2n) is 14.1. The van der Waals surface area contributed by atoms with Gasteiger partial charge < -0.3 is 8.98 Å². The Kier molecular flexibility index (Phi) is 9.67. The Labute approximate surface area is 322 Å². The van der Waals surface area contributed by atoms with Crippen LogP contribution >= 0.6 is 0 Å². The van der Waals surface area contributed by atoms with Crippen molar-refractivity contribution >= 4 is 61.4 Å². The molecule has 4 nitrogen and oxygen atoms in total. The monoisotopic (exact) mass is 917 g/mol. The number of para-hydroxylation sites is 3. The van der Waals surface area contributed by atoms with Crippen LogP contribution in [0.2, 0.25) is 17.3 Å². The number of furan rings is 1. The Morgan fingerprint density at radius 1 is 0.750 bits per heavy atom. The first-order valence-electron chi connectivity index (χ1n) is 17.8. The van der Waals surface area contributed by atoms with Crippen LogP contribution in [0.25, 0.3) is 72.1 Å². The van der Waals surface area contributed by atoms with E-state index in [4.69, 9.17) is 10.8 Å². The molecule has 0 spiro atoms. The maximum Gasteiger partial charge on any atom is 0.120 e. The van der Waals surface area contributed by atoms with Crippen LogP contribution in [0.15, 0.2) is 144 Å². The fraction of sp³-hybridized carbons (Fsp3) is 0.130. The molecule has 0 unspecified atom stereocenters. The van der Waals surface area contributed by atoms with E-state index in [0.717, 1.165) is 66.9 Å². The smallest absolute Gasteiger partial charge is 0.120 e. The van der Waals surface area contributed by atoms with Crippen LogP contribution in [0.5, 0.6) is 0 Å². The molecule has 9 aromatic rings. The molecule has 9 rings (SSSR count). The first-order valence-corrected chi connectivity index (χ1v) is 24.7. The summed E-state index contributed by atoms with van der Waals surface area (Å²) in [5.41, 5.74) is 8.63. The molecule has 0 bridgehead atoms. The van der Waals surface area contributed by atoms with Gasteiger partial charge in [0.05, 0.1) is 22.4 Å². The van der Waals surface area contributed by atoms with Gasteiger partial charge in [0, 0.05) is 31.2 Å². The van der Waals surface area contributed by atoms with Gasteiger partial charge in [-0.1, -0.05) is 71.6 Å². The van der Waals surface area contributed by atoms with E-state index in [0.29, 0.717) is 0 Å². The fourth-order valence-corrected chi connectivity index (χ4v) is 10.1. The second kappa shape index (κ2) is 14.7. The Bertz CT molecular complexity index is 2720. The van der Waals surface area contributed by atoms with E-state index in [1.54, 1.807) is 0 Å². The quantitative estimate of drug-likeness (QED) is 0.128. The predicted octanol–water partition coefficient (Wildman–Crippen LogP) is 11.8.